The number of aryl methyl sites for hydroxylation is 1. The normalized spacial score (nSPS) is 10.9. The highest BCUT2D eigenvalue weighted by Crippen LogP contribution is 2.14. The van der Waals surface area contributed by atoms with Gasteiger partial charge in [0.1, 0.15) is 11.5 Å². The number of amides is 1. The van der Waals surface area contributed by atoms with Gasteiger partial charge in [0.25, 0.3) is 5.91 Å². The lowest BCUT2D eigenvalue weighted by molar-refractivity contribution is 0.0946. The smallest absolute Gasteiger partial charge is 0.293 e. The predicted molar refractivity (Wildman–Crippen MR) is 69.3 cm³/mol. The molecule has 1 N–H and O–H groups in total. The minimum absolute atomic E-state index is 0.183. The van der Waals surface area contributed by atoms with Crippen LogP contribution in [-0.2, 0) is 0 Å². The van der Waals surface area contributed by atoms with Gasteiger partial charge in [-0.15, -0.1) is 0 Å². The molecule has 7 nitrogen and oxygen atoms in total. The number of rotatable bonds is 4. The highest BCUT2D eigenvalue weighted by Gasteiger charge is 2.09. The van der Waals surface area contributed by atoms with Crippen molar-refractivity contribution in [2.75, 3.05) is 19.0 Å². The zero-order valence-corrected chi connectivity index (χ0v) is 10.9. The number of hydrogen-bond acceptors (Lipinski definition) is 6. The van der Waals surface area contributed by atoms with Crippen LogP contribution >= 0.6 is 0 Å². The van der Waals surface area contributed by atoms with Gasteiger partial charge in [-0.2, -0.15) is 5.10 Å². The quantitative estimate of drug-likeness (QED) is 0.665. The summed E-state index contributed by atoms with van der Waals surface area (Å²) in [4.78, 5) is 13.4. The maximum atomic E-state index is 11.6. The molecule has 1 amide bonds. The second kappa shape index (κ2) is 5.38. The predicted octanol–water partition coefficient (Wildman–Crippen LogP) is 1.41. The first-order valence-electron chi connectivity index (χ1n) is 5.60. The van der Waals surface area contributed by atoms with Crippen molar-refractivity contribution in [3.8, 4) is 0 Å². The van der Waals surface area contributed by atoms with Gasteiger partial charge >= 0.3 is 0 Å². The van der Waals surface area contributed by atoms with Gasteiger partial charge < -0.3 is 13.8 Å². The Morgan fingerprint density at radius 1 is 1.47 bits per heavy atom. The summed E-state index contributed by atoms with van der Waals surface area (Å²) in [5, 5.41) is 7.36. The molecule has 0 radical (unpaired) electrons. The first-order chi connectivity index (χ1) is 9.06. The summed E-state index contributed by atoms with van der Waals surface area (Å²) in [7, 11) is 3.74. The van der Waals surface area contributed by atoms with Gasteiger partial charge in [-0.3, -0.25) is 4.79 Å². The number of aromatic nitrogens is 1. The molecule has 0 saturated heterocycles. The molecule has 0 saturated carbocycles. The van der Waals surface area contributed by atoms with E-state index in [1.165, 1.54) is 12.3 Å². The molecule has 0 aliphatic heterocycles. The molecule has 0 spiro atoms. The molecule has 0 aliphatic rings. The average molecular weight is 262 g/mol. The Labute approximate surface area is 109 Å². The van der Waals surface area contributed by atoms with E-state index in [1.807, 2.05) is 25.1 Å². The number of carbonyl (C=O) groups excluding carboxylic acids is 1. The lowest BCUT2D eigenvalue weighted by Gasteiger charge is -2.05. The minimum atomic E-state index is -0.438. The van der Waals surface area contributed by atoms with Crippen LogP contribution in [0.25, 0.3) is 0 Å². The summed E-state index contributed by atoms with van der Waals surface area (Å²) in [6.45, 7) is 1.71. The van der Waals surface area contributed by atoms with Crippen LogP contribution in [0.1, 0.15) is 22.0 Å². The van der Waals surface area contributed by atoms with E-state index in [2.05, 4.69) is 15.7 Å². The van der Waals surface area contributed by atoms with Crippen LogP contribution in [0.5, 0.6) is 0 Å². The van der Waals surface area contributed by atoms with Gasteiger partial charge in [-0.25, -0.2) is 5.43 Å². The van der Waals surface area contributed by atoms with Crippen molar-refractivity contribution in [2.45, 2.75) is 6.92 Å². The third-order valence-electron chi connectivity index (χ3n) is 2.27. The fraction of sp³-hybridized carbons (Fsp3) is 0.250. The van der Waals surface area contributed by atoms with E-state index >= 15 is 0 Å². The maximum Gasteiger partial charge on any atom is 0.293 e. The zero-order valence-electron chi connectivity index (χ0n) is 10.9. The van der Waals surface area contributed by atoms with Crippen molar-refractivity contribution in [1.82, 2.24) is 10.6 Å². The van der Waals surface area contributed by atoms with E-state index in [9.17, 15) is 4.79 Å². The largest absolute Gasteiger partial charge is 0.440 e. The third kappa shape index (κ3) is 3.21. The van der Waals surface area contributed by atoms with Crippen LogP contribution in [0.2, 0.25) is 0 Å². The molecule has 100 valence electrons. The third-order valence-corrected chi connectivity index (χ3v) is 2.27. The number of hydrazone groups is 1. The Morgan fingerprint density at radius 2 is 2.26 bits per heavy atom. The number of nitrogens with one attached hydrogen (secondary N) is 1. The lowest BCUT2D eigenvalue weighted by Crippen LogP contribution is -2.17. The fourth-order valence-corrected chi connectivity index (χ4v) is 1.34. The van der Waals surface area contributed by atoms with Crippen molar-refractivity contribution in [3.63, 3.8) is 0 Å². The number of furan rings is 1. The summed E-state index contributed by atoms with van der Waals surface area (Å²) >= 11 is 0. The van der Waals surface area contributed by atoms with Gasteiger partial charge in [0.2, 0.25) is 0 Å². The summed E-state index contributed by atoms with van der Waals surface area (Å²) in [6.07, 6.45) is 1.41. The molecule has 2 rings (SSSR count). The van der Waals surface area contributed by atoms with E-state index in [0.717, 1.165) is 0 Å². The summed E-state index contributed by atoms with van der Waals surface area (Å²) in [5.41, 5.74) is 2.52. The molecule has 0 bridgehead atoms. The standard InChI is InChI=1S/C12H14N4O3/c1-8-6-10(15-19-8)12(17)14-13-7-9-4-5-11(18-9)16(2)3/h4-7H,1-3H3,(H,14,17). The molecule has 2 aromatic rings. The number of anilines is 1. The highest BCUT2D eigenvalue weighted by atomic mass is 16.5. The minimum Gasteiger partial charge on any atom is -0.440 e. The highest BCUT2D eigenvalue weighted by molar-refractivity contribution is 5.92. The summed E-state index contributed by atoms with van der Waals surface area (Å²) < 4.78 is 10.2. The molecule has 0 aliphatic carbocycles. The average Bonchev–Trinajstić information content (AvgIpc) is 2.98. The zero-order chi connectivity index (χ0) is 13.8. The van der Waals surface area contributed by atoms with Crippen molar-refractivity contribution >= 4 is 18.0 Å². The monoisotopic (exact) mass is 262 g/mol. The molecule has 2 heterocycles. The Bertz CT molecular complexity index is 598. The van der Waals surface area contributed by atoms with E-state index in [4.69, 9.17) is 8.94 Å². The maximum absolute atomic E-state index is 11.6. The van der Waals surface area contributed by atoms with Crippen molar-refractivity contribution < 1.29 is 13.7 Å². The van der Waals surface area contributed by atoms with Gasteiger partial charge in [-0.05, 0) is 13.0 Å². The molecule has 0 fully saturated rings. The molecule has 7 heteroatoms. The van der Waals surface area contributed by atoms with Gasteiger partial charge in [0.15, 0.2) is 11.6 Å². The molecule has 0 atom stereocenters. The summed E-state index contributed by atoms with van der Waals surface area (Å²) in [5.74, 6) is 1.38. The molecule has 0 unspecified atom stereocenters. The van der Waals surface area contributed by atoms with E-state index in [0.29, 0.717) is 17.4 Å². The number of nitrogens with zero attached hydrogens (tertiary/aromatic N) is 3. The molecule has 19 heavy (non-hydrogen) atoms. The lowest BCUT2D eigenvalue weighted by atomic mass is 10.4. The van der Waals surface area contributed by atoms with Crippen LogP contribution in [0.4, 0.5) is 5.88 Å². The van der Waals surface area contributed by atoms with Crippen molar-refractivity contribution in [2.24, 2.45) is 5.10 Å². The Morgan fingerprint density at radius 3 is 2.84 bits per heavy atom. The number of carbonyl (C=O) groups is 1. The van der Waals surface area contributed by atoms with Crippen LogP contribution < -0.4 is 10.3 Å². The van der Waals surface area contributed by atoms with Crippen molar-refractivity contribution in [3.05, 3.63) is 35.4 Å². The van der Waals surface area contributed by atoms with Crippen LogP contribution in [0, 0.1) is 6.92 Å². The first kappa shape index (κ1) is 12.9. The topological polar surface area (TPSA) is 83.9 Å². The fourth-order valence-electron chi connectivity index (χ4n) is 1.34. The first-order valence-corrected chi connectivity index (χ1v) is 5.60. The van der Waals surface area contributed by atoms with Gasteiger partial charge in [0.05, 0.1) is 6.21 Å². The van der Waals surface area contributed by atoms with Crippen LogP contribution in [0.3, 0.4) is 0 Å². The molecule has 2 aromatic heterocycles. The summed E-state index contributed by atoms with van der Waals surface area (Å²) in [6, 6.07) is 5.09. The second-order valence-corrected chi connectivity index (χ2v) is 4.09. The Kier molecular flexibility index (Phi) is 3.65. The number of hydrogen-bond donors (Lipinski definition) is 1. The van der Waals surface area contributed by atoms with Crippen LogP contribution in [-0.4, -0.2) is 31.4 Å². The second-order valence-electron chi connectivity index (χ2n) is 4.09. The van der Waals surface area contributed by atoms with Gasteiger partial charge in [0, 0.05) is 26.2 Å². The van der Waals surface area contributed by atoms with Crippen LogP contribution in [0.15, 0.2) is 32.2 Å². The van der Waals surface area contributed by atoms with E-state index in [1.54, 1.807) is 13.0 Å². The van der Waals surface area contributed by atoms with Crippen molar-refractivity contribution in [1.29, 1.82) is 0 Å². The molecular formula is C12H14N4O3. The Balaban J connectivity index is 1.94. The SMILES string of the molecule is Cc1cc(C(=O)NN=Cc2ccc(N(C)C)o2)no1. The van der Waals surface area contributed by atoms with E-state index < -0.39 is 5.91 Å². The van der Waals surface area contributed by atoms with E-state index in [-0.39, 0.29) is 5.69 Å². The van der Waals surface area contributed by atoms with Gasteiger partial charge in [-0.1, -0.05) is 5.16 Å². The Hall–Kier alpha value is -2.57. The molecular weight excluding hydrogens is 248 g/mol. The molecule has 0 aromatic carbocycles.